The van der Waals surface area contributed by atoms with Gasteiger partial charge in [0.1, 0.15) is 10.1 Å². The van der Waals surface area contributed by atoms with E-state index >= 15 is 0 Å². The zero-order valence-corrected chi connectivity index (χ0v) is 7.83. The molecule has 0 aromatic heterocycles. The summed E-state index contributed by atoms with van der Waals surface area (Å²) in [4.78, 5) is 9.52. The number of aliphatic carboxylic acids is 1. The van der Waals surface area contributed by atoms with Crippen LogP contribution in [0.25, 0.3) is 0 Å². The van der Waals surface area contributed by atoms with E-state index in [1.54, 1.807) is 0 Å². The minimum Gasteiger partial charge on any atom is -0.745 e. The van der Waals surface area contributed by atoms with E-state index in [9.17, 15) is 17.8 Å². The smallest absolute Gasteiger partial charge is 0.745 e. The molecule has 0 saturated heterocycles. The molecule has 0 aliphatic carbocycles. The Balaban J connectivity index is 0. The van der Waals surface area contributed by atoms with E-state index in [1.807, 2.05) is 0 Å². The number of carboxylic acid groups (broad SMARTS) is 1. The predicted octanol–water partition coefficient (Wildman–Crippen LogP) is -5.06. The van der Waals surface area contributed by atoms with Gasteiger partial charge in [0, 0.05) is 0 Å². The maximum atomic E-state index is 9.59. The molecule has 0 amide bonds. The molecule has 0 bridgehead atoms. The Kier molecular flexibility index (Phi) is 5.53. The molecule has 0 heterocycles. The second-order valence-corrected chi connectivity index (χ2v) is 2.62. The average Bonchev–Trinajstić information content (AvgIpc) is 1.62. The Hall–Kier alpha value is 0.340. The number of aliphatic hydroxyl groups is 1. The van der Waals surface area contributed by atoms with Crippen LogP contribution < -0.4 is 29.6 Å². The molecule has 0 saturated carbocycles. The quantitative estimate of drug-likeness (QED) is 0.323. The van der Waals surface area contributed by atoms with E-state index in [4.69, 9.17) is 10.2 Å². The van der Waals surface area contributed by atoms with Crippen molar-refractivity contribution < 1.29 is 57.5 Å². The number of carbonyl (C=O) groups is 1. The molecule has 0 aromatic carbocycles. The van der Waals surface area contributed by atoms with E-state index in [-0.39, 0.29) is 29.6 Å². The first-order valence-corrected chi connectivity index (χ1v) is 3.18. The van der Waals surface area contributed by atoms with Crippen LogP contribution in [0, 0.1) is 0 Å². The van der Waals surface area contributed by atoms with Gasteiger partial charge in [0.05, 0.1) is 0 Å². The first kappa shape index (κ1) is 13.0. The normalized spacial score (nSPS) is 13.4. The summed E-state index contributed by atoms with van der Waals surface area (Å²) in [5.74, 6) is -2.06. The molecule has 0 rings (SSSR count). The molecule has 2 N–H and O–H groups in total. The summed E-state index contributed by atoms with van der Waals surface area (Å²) < 4.78 is 28.8. The van der Waals surface area contributed by atoms with Crippen LogP contribution in [0.2, 0.25) is 0 Å². The first-order chi connectivity index (χ1) is 3.85. The van der Waals surface area contributed by atoms with Crippen LogP contribution in [0.15, 0.2) is 0 Å². The van der Waals surface area contributed by atoms with Gasteiger partial charge in [-0.15, -0.1) is 0 Å². The largest absolute Gasteiger partial charge is 1.00 e. The Labute approximate surface area is 78.9 Å². The number of hydrogen-bond donors (Lipinski definition) is 2. The molecule has 1 atom stereocenters. The zero-order chi connectivity index (χ0) is 7.65. The maximum Gasteiger partial charge on any atom is 1.00 e. The van der Waals surface area contributed by atoms with Crippen molar-refractivity contribution >= 4 is 16.1 Å². The molecular formula is C2H3NaO6S. The third kappa shape index (κ3) is 4.20. The third-order valence-electron chi connectivity index (χ3n) is 0.485. The van der Waals surface area contributed by atoms with Crippen LogP contribution in [0.3, 0.4) is 0 Å². The SMILES string of the molecule is O=C(O)C(O)S(=O)(=O)[O-].[Na+]. The molecule has 1 unspecified atom stereocenters. The Bertz CT molecular complexity index is 206. The third-order valence-corrected chi connectivity index (χ3v) is 1.23. The van der Waals surface area contributed by atoms with Crippen molar-refractivity contribution in [3.63, 3.8) is 0 Å². The van der Waals surface area contributed by atoms with Gasteiger partial charge in [-0.2, -0.15) is 0 Å². The van der Waals surface area contributed by atoms with Gasteiger partial charge in [-0.1, -0.05) is 0 Å². The molecule has 0 aliphatic rings. The molecule has 8 heteroatoms. The van der Waals surface area contributed by atoms with Crippen LogP contribution in [0.1, 0.15) is 0 Å². The summed E-state index contributed by atoms with van der Waals surface area (Å²) in [6.07, 6.45) is 0. The predicted molar refractivity (Wildman–Crippen MR) is 23.3 cm³/mol. The molecule has 54 valence electrons. The zero-order valence-electron chi connectivity index (χ0n) is 5.01. The first-order valence-electron chi connectivity index (χ1n) is 1.71. The molecule has 0 radical (unpaired) electrons. The molecular weight excluding hydrogens is 175 g/mol. The summed E-state index contributed by atoms with van der Waals surface area (Å²) >= 11 is 0. The minimum atomic E-state index is -5.10. The molecule has 0 aliphatic heterocycles. The minimum absolute atomic E-state index is 0. The van der Waals surface area contributed by atoms with Crippen LogP contribution >= 0.6 is 0 Å². The van der Waals surface area contributed by atoms with Crippen molar-refractivity contribution in [3.05, 3.63) is 0 Å². The van der Waals surface area contributed by atoms with Crippen molar-refractivity contribution in [2.45, 2.75) is 5.44 Å². The monoisotopic (exact) mass is 178 g/mol. The summed E-state index contributed by atoms with van der Waals surface area (Å²) in [7, 11) is -5.10. The van der Waals surface area contributed by atoms with Gasteiger partial charge in [0.15, 0.2) is 0 Å². The number of aliphatic hydroxyl groups excluding tert-OH is 1. The van der Waals surface area contributed by atoms with Crippen molar-refractivity contribution in [1.82, 2.24) is 0 Å². The van der Waals surface area contributed by atoms with Crippen molar-refractivity contribution in [3.8, 4) is 0 Å². The standard InChI is InChI=1S/C2H4O6S.Na/c3-1(4)2(5)9(6,7)8;/h2,5H,(H,3,4)(H,6,7,8);/q;+1/p-1. The fourth-order valence-electron chi connectivity index (χ4n) is 0.123. The van der Waals surface area contributed by atoms with Crippen molar-refractivity contribution in [2.24, 2.45) is 0 Å². The van der Waals surface area contributed by atoms with Crippen LogP contribution in [-0.2, 0) is 14.9 Å². The number of carboxylic acids is 1. The van der Waals surface area contributed by atoms with Gasteiger partial charge in [0.2, 0.25) is 5.44 Å². The molecule has 10 heavy (non-hydrogen) atoms. The van der Waals surface area contributed by atoms with E-state index in [1.165, 1.54) is 0 Å². The maximum absolute atomic E-state index is 9.59. The van der Waals surface area contributed by atoms with Gasteiger partial charge in [-0.25, -0.2) is 13.2 Å². The van der Waals surface area contributed by atoms with Crippen molar-refractivity contribution in [1.29, 1.82) is 0 Å². The topological polar surface area (TPSA) is 115 Å². The summed E-state index contributed by atoms with van der Waals surface area (Å²) in [5, 5.41) is 15.7. The van der Waals surface area contributed by atoms with Crippen molar-refractivity contribution in [2.75, 3.05) is 0 Å². The van der Waals surface area contributed by atoms with Crippen LogP contribution in [-0.4, -0.2) is 34.6 Å². The molecule has 0 spiro atoms. The average molecular weight is 178 g/mol. The molecule has 0 fully saturated rings. The summed E-state index contributed by atoms with van der Waals surface area (Å²) in [6, 6.07) is 0. The van der Waals surface area contributed by atoms with Gasteiger partial charge in [-0.05, 0) is 0 Å². The van der Waals surface area contributed by atoms with E-state index in [0.717, 1.165) is 0 Å². The fraction of sp³-hybridized carbons (Fsp3) is 0.500. The number of rotatable bonds is 2. The Morgan fingerprint density at radius 1 is 1.50 bits per heavy atom. The van der Waals surface area contributed by atoms with Gasteiger partial charge in [-0.3, -0.25) is 0 Å². The Morgan fingerprint density at radius 3 is 1.80 bits per heavy atom. The van der Waals surface area contributed by atoms with Gasteiger partial charge in [0.25, 0.3) is 0 Å². The van der Waals surface area contributed by atoms with Gasteiger partial charge >= 0.3 is 35.5 Å². The van der Waals surface area contributed by atoms with E-state index < -0.39 is 21.5 Å². The van der Waals surface area contributed by atoms with Gasteiger partial charge < -0.3 is 14.8 Å². The van der Waals surface area contributed by atoms with E-state index in [2.05, 4.69) is 0 Å². The summed E-state index contributed by atoms with van der Waals surface area (Å²) in [6.45, 7) is 0. The summed E-state index contributed by atoms with van der Waals surface area (Å²) in [5.41, 5.74) is -2.85. The molecule has 0 aromatic rings. The van der Waals surface area contributed by atoms with E-state index in [0.29, 0.717) is 0 Å². The van der Waals surface area contributed by atoms with Crippen LogP contribution in [0.5, 0.6) is 0 Å². The molecule has 6 nitrogen and oxygen atoms in total. The van der Waals surface area contributed by atoms with Crippen LogP contribution in [0.4, 0.5) is 0 Å². The second kappa shape index (κ2) is 4.27. The second-order valence-electron chi connectivity index (χ2n) is 1.18. The Morgan fingerprint density at radius 2 is 1.80 bits per heavy atom. The number of hydrogen-bond acceptors (Lipinski definition) is 5. The fourth-order valence-corrected chi connectivity index (χ4v) is 0.370.